The monoisotopic (exact) mass is 268 g/mol. The second-order valence-electron chi connectivity index (χ2n) is 5.05. The van der Waals surface area contributed by atoms with Crippen molar-refractivity contribution in [1.82, 2.24) is 4.90 Å². The molecule has 2 N–H and O–H groups in total. The summed E-state index contributed by atoms with van der Waals surface area (Å²) in [5.74, 6) is -1.61. The van der Waals surface area contributed by atoms with Crippen LogP contribution in [0.3, 0.4) is 0 Å². The van der Waals surface area contributed by atoms with Gasteiger partial charge in [-0.2, -0.15) is 0 Å². The molecule has 0 unspecified atom stereocenters. The van der Waals surface area contributed by atoms with Crippen molar-refractivity contribution in [3.63, 3.8) is 0 Å². The number of hydrogen-bond donors (Lipinski definition) is 1. The Kier molecular flexibility index (Phi) is 4.14. The Balaban J connectivity index is 2.27. The number of piperidine rings is 1. The highest BCUT2D eigenvalue weighted by Crippen LogP contribution is 2.25. The van der Waals surface area contributed by atoms with Crippen LogP contribution in [0.15, 0.2) is 18.2 Å². The molecular weight excluding hydrogens is 250 g/mol. The van der Waals surface area contributed by atoms with Crippen molar-refractivity contribution in [2.75, 3.05) is 13.1 Å². The molecule has 1 aliphatic heterocycles. The maximum absolute atomic E-state index is 13.7. The molecule has 2 rings (SSSR count). The molecule has 0 aromatic heterocycles. The lowest BCUT2D eigenvalue weighted by Gasteiger charge is -2.39. The molecule has 1 saturated heterocycles. The minimum atomic E-state index is -0.820. The van der Waals surface area contributed by atoms with Crippen LogP contribution in [0, 0.1) is 17.6 Å². The van der Waals surface area contributed by atoms with E-state index in [-0.39, 0.29) is 11.6 Å². The van der Waals surface area contributed by atoms with Crippen LogP contribution >= 0.6 is 0 Å². The molecule has 1 aliphatic rings. The number of benzene rings is 1. The maximum Gasteiger partial charge on any atom is 0.257 e. The van der Waals surface area contributed by atoms with E-state index in [0.717, 1.165) is 25.0 Å². The zero-order chi connectivity index (χ0) is 14.0. The average molecular weight is 268 g/mol. The van der Waals surface area contributed by atoms with Gasteiger partial charge in [0.25, 0.3) is 5.91 Å². The normalized spacial score (nSPS) is 23.5. The summed E-state index contributed by atoms with van der Waals surface area (Å²) < 4.78 is 26.5. The van der Waals surface area contributed by atoms with Crippen LogP contribution in [0.1, 0.15) is 30.1 Å². The molecule has 1 heterocycles. The van der Waals surface area contributed by atoms with Crippen molar-refractivity contribution < 1.29 is 13.6 Å². The summed E-state index contributed by atoms with van der Waals surface area (Å²) in [6, 6.07) is 2.95. The van der Waals surface area contributed by atoms with E-state index in [9.17, 15) is 13.6 Å². The highest BCUT2D eigenvalue weighted by Gasteiger charge is 2.32. The molecular formula is C14H18F2N2O. The minimum Gasteiger partial charge on any atom is -0.334 e. The number of halogens is 2. The van der Waals surface area contributed by atoms with Gasteiger partial charge < -0.3 is 10.6 Å². The molecule has 1 amide bonds. The van der Waals surface area contributed by atoms with Gasteiger partial charge in [-0.15, -0.1) is 0 Å². The number of rotatable bonds is 2. The molecule has 3 nitrogen and oxygen atoms in total. The van der Waals surface area contributed by atoms with Crippen LogP contribution in [0.4, 0.5) is 8.78 Å². The zero-order valence-electron chi connectivity index (χ0n) is 10.9. The third kappa shape index (κ3) is 2.76. The van der Waals surface area contributed by atoms with Crippen LogP contribution in [-0.2, 0) is 0 Å². The predicted octanol–water partition coefficient (Wildman–Crippen LogP) is 2.16. The van der Waals surface area contributed by atoms with E-state index in [4.69, 9.17) is 5.73 Å². The summed E-state index contributed by atoms with van der Waals surface area (Å²) in [7, 11) is 0. The molecule has 2 atom stereocenters. The number of carbonyl (C=O) groups is 1. The fraction of sp³-hybridized carbons (Fsp3) is 0.500. The summed E-state index contributed by atoms with van der Waals surface area (Å²) in [6.07, 6.45) is 1.89. The van der Waals surface area contributed by atoms with E-state index in [1.54, 1.807) is 4.90 Å². The SMILES string of the molecule is C[C@@H]1CCCN(C(=O)c2ccc(F)cc2F)[C@H]1CN. The zero-order valence-corrected chi connectivity index (χ0v) is 10.9. The van der Waals surface area contributed by atoms with Crippen LogP contribution in [0.5, 0.6) is 0 Å². The van der Waals surface area contributed by atoms with E-state index in [2.05, 4.69) is 0 Å². The molecule has 5 heteroatoms. The third-order valence-electron chi connectivity index (χ3n) is 3.78. The molecule has 0 aliphatic carbocycles. The second kappa shape index (κ2) is 5.65. The maximum atomic E-state index is 13.7. The number of carbonyl (C=O) groups excluding carboxylic acids is 1. The Hall–Kier alpha value is -1.49. The van der Waals surface area contributed by atoms with Gasteiger partial charge in [0.1, 0.15) is 11.6 Å². The molecule has 1 aromatic rings. The topological polar surface area (TPSA) is 46.3 Å². The summed E-state index contributed by atoms with van der Waals surface area (Å²) >= 11 is 0. The van der Waals surface area contributed by atoms with Crippen molar-refractivity contribution in [2.45, 2.75) is 25.8 Å². The van der Waals surface area contributed by atoms with Crippen LogP contribution in [0.25, 0.3) is 0 Å². The van der Waals surface area contributed by atoms with Gasteiger partial charge in [-0.1, -0.05) is 6.92 Å². The Morgan fingerprint density at radius 1 is 1.47 bits per heavy atom. The van der Waals surface area contributed by atoms with Crippen molar-refractivity contribution in [2.24, 2.45) is 11.7 Å². The Labute approximate surface area is 111 Å². The quantitative estimate of drug-likeness (QED) is 0.893. The van der Waals surface area contributed by atoms with E-state index in [1.165, 1.54) is 6.07 Å². The van der Waals surface area contributed by atoms with Gasteiger partial charge in [0.2, 0.25) is 0 Å². The molecule has 1 aromatic carbocycles. The van der Waals surface area contributed by atoms with E-state index >= 15 is 0 Å². The fourth-order valence-corrected chi connectivity index (χ4v) is 2.68. The lowest BCUT2D eigenvalue weighted by Crippen LogP contribution is -2.51. The van der Waals surface area contributed by atoms with Gasteiger partial charge in [0, 0.05) is 25.2 Å². The molecule has 0 bridgehead atoms. The van der Waals surface area contributed by atoms with Gasteiger partial charge in [-0.3, -0.25) is 4.79 Å². The summed E-state index contributed by atoms with van der Waals surface area (Å²) in [5, 5.41) is 0. The standard InChI is InChI=1S/C14H18F2N2O/c1-9-3-2-6-18(13(9)8-17)14(19)11-5-4-10(15)7-12(11)16/h4-5,7,9,13H,2-3,6,8,17H2,1H3/t9-,13+/m1/s1. The van der Waals surface area contributed by atoms with Crippen molar-refractivity contribution in [1.29, 1.82) is 0 Å². The highest BCUT2D eigenvalue weighted by molar-refractivity contribution is 5.94. The van der Waals surface area contributed by atoms with Gasteiger partial charge in [0.05, 0.1) is 5.56 Å². The smallest absolute Gasteiger partial charge is 0.257 e. The predicted molar refractivity (Wildman–Crippen MR) is 68.6 cm³/mol. The minimum absolute atomic E-state index is 0.0781. The summed E-state index contributed by atoms with van der Waals surface area (Å²) in [6.45, 7) is 2.97. The van der Waals surface area contributed by atoms with Gasteiger partial charge in [-0.25, -0.2) is 8.78 Å². The fourth-order valence-electron chi connectivity index (χ4n) is 2.68. The number of nitrogens with zero attached hydrogens (tertiary/aromatic N) is 1. The van der Waals surface area contributed by atoms with Gasteiger partial charge in [-0.05, 0) is 30.9 Å². The average Bonchev–Trinajstić information content (AvgIpc) is 2.37. The van der Waals surface area contributed by atoms with Crippen molar-refractivity contribution in [3.05, 3.63) is 35.4 Å². The highest BCUT2D eigenvalue weighted by atomic mass is 19.1. The summed E-state index contributed by atoms with van der Waals surface area (Å²) in [5.41, 5.74) is 5.63. The number of likely N-dealkylation sites (tertiary alicyclic amines) is 1. The number of nitrogens with two attached hydrogens (primary N) is 1. The first-order chi connectivity index (χ1) is 9.04. The second-order valence-corrected chi connectivity index (χ2v) is 5.05. The van der Waals surface area contributed by atoms with E-state index < -0.39 is 17.5 Å². The van der Waals surface area contributed by atoms with Crippen LogP contribution < -0.4 is 5.73 Å². The number of amides is 1. The molecule has 104 valence electrons. The molecule has 0 spiro atoms. The number of hydrogen-bond acceptors (Lipinski definition) is 2. The molecule has 0 radical (unpaired) electrons. The Bertz CT molecular complexity index is 479. The molecule has 0 saturated carbocycles. The van der Waals surface area contributed by atoms with Gasteiger partial charge >= 0.3 is 0 Å². The largest absolute Gasteiger partial charge is 0.334 e. The Morgan fingerprint density at radius 3 is 2.84 bits per heavy atom. The van der Waals surface area contributed by atoms with Crippen LogP contribution in [-0.4, -0.2) is 29.9 Å². The van der Waals surface area contributed by atoms with Crippen molar-refractivity contribution >= 4 is 5.91 Å². The Morgan fingerprint density at radius 2 is 2.21 bits per heavy atom. The van der Waals surface area contributed by atoms with Gasteiger partial charge in [0.15, 0.2) is 0 Å². The molecule has 1 fully saturated rings. The summed E-state index contributed by atoms with van der Waals surface area (Å²) in [4.78, 5) is 14.0. The van der Waals surface area contributed by atoms with E-state index in [1.807, 2.05) is 6.92 Å². The third-order valence-corrected chi connectivity index (χ3v) is 3.78. The van der Waals surface area contributed by atoms with Crippen LogP contribution in [0.2, 0.25) is 0 Å². The lowest BCUT2D eigenvalue weighted by molar-refractivity contribution is 0.0528. The first kappa shape index (κ1) is 13.9. The first-order valence-corrected chi connectivity index (χ1v) is 6.50. The first-order valence-electron chi connectivity index (χ1n) is 6.50. The molecule has 19 heavy (non-hydrogen) atoms. The van der Waals surface area contributed by atoms with E-state index in [0.29, 0.717) is 19.0 Å². The van der Waals surface area contributed by atoms with Crippen molar-refractivity contribution in [3.8, 4) is 0 Å². The lowest BCUT2D eigenvalue weighted by atomic mass is 9.90.